The van der Waals surface area contributed by atoms with E-state index in [0.29, 0.717) is 25.2 Å². The Morgan fingerprint density at radius 3 is 2.47 bits per heavy atom. The van der Waals surface area contributed by atoms with E-state index in [-0.39, 0.29) is 35.4 Å². The molecule has 4 rings (SSSR count). The number of benzene rings is 1. The quantitative estimate of drug-likeness (QED) is 0.746. The number of aryl methyl sites for hydroxylation is 1. The number of aliphatic hydroxyl groups excluding tert-OH is 1. The van der Waals surface area contributed by atoms with Gasteiger partial charge in [-0.3, -0.25) is 19.2 Å². The highest BCUT2D eigenvalue weighted by Gasteiger charge is 2.37. The van der Waals surface area contributed by atoms with Crippen LogP contribution in [0.4, 0.5) is 4.39 Å². The van der Waals surface area contributed by atoms with E-state index < -0.39 is 6.10 Å². The third-order valence-corrected chi connectivity index (χ3v) is 6.62. The predicted octanol–water partition coefficient (Wildman–Crippen LogP) is 1.40. The molecule has 172 valence electrons. The molecule has 2 N–H and O–H groups in total. The standard InChI is InChI=1S/C23H30FN5O3/c1-15(30)28-10-12-29(13-11-28)20-5-3-4-18(22(20)31)25-23(32)19-14-21(27(2)26-19)16-6-8-17(24)9-7-16/h6-9,14,18,20,22,31H,3-5,10-13H2,1-2H3,(H,25,32)/t18-,20-,22-/m1/s1. The Morgan fingerprint density at radius 2 is 1.81 bits per heavy atom. The summed E-state index contributed by atoms with van der Waals surface area (Å²) in [6.45, 7) is 4.35. The molecule has 0 bridgehead atoms. The molecule has 1 aliphatic heterocycles. The molecule has 0 radical (unpaired) electrons. The molecule has 2 fully saturated rings. The van der Waals surface area contributed by atoms with Gasteiger partial charge in [0.05, 0.1) is 17.8 Å². The zero-order valence-electron chi connectivity index (χ0n) is 18.5. The first kappa shape index (κ1) is 22.4. The number of hydrogen-bond donors (Lipinski definition) is 2. The van der Waals surface area contributed by atoms with Gasteiger partial charge in [-0.05, 0) is 55.2 Å². The summed E-state index contributed by atoms with van der Waals surface area (Å²) in [6.07, 6.45) is 1.79. The second-order valence-corrected chi connectivity index (χ2v) is 8.66. The lowest BCUT2D eigenvalue weighted by atomic mass is 9.86. The number of amides is 2. The van der Waals surface area contributed by atoms with Gasteiger partial charge in [0.1, 0.15) is 5.82 Å². The summed E-state index contributed by atoms with van der Waals surface area (Å²) in [4.78, 5) is 28.5. The van der Waals surface area contributed by atoms with Crippen LogP contribution in [-0.2, 0) is 11.8 Å². The van der Waals surface area contributed by atoms with Crippen molar-refractivity contribution < 1.29 is 19.1 Å². The Kier molecular flexibility index (Phi) is 6.57. The average molecular weight is 444 g/mol. The number of hydrogen-bond acceptors (Lipinski definition) is 5. The van der Waals surface area contributed by atoms with Gasteiger partial charge in [-0.15, -0.1) is 0 Å². The third-order valence-electron chi connectivity index (χ3n) is 6.62. The Labute approximate surface area is 187 Å². The van der Waals surface area contributed by atoms with Gasteiger partial charge in [-0.2, -0.15) is 5.10 Å². The molecule has 1 saturated heterocycles. The van der Waals surface area contributed by atoms with Crippen LogP contribution in [0.1, 0.15) is 36.7 Å². The summed E-state index contributed by atoms with van der Waals surface area (Å²) in [6, 6.07) is 7.32. The molecule has 8 nitrogen and oxygen atoms in total. The van der Waals surface area contributed by atoms with E-state index in [2.05, 4.69) is 15.3 Å². The zero-order chi connectivity index (χ0) is 22.8. The topological polar surface area (TPSA) is 90.7 Å². The van der Waals surface area contributed by atoms with Crippen molar-refractivity contribution in [2.75, 3.05) is 26.2 Å². The minimum Gasteiger partial charge on any atom is -0.389 e. The van der Waals surface area contributed by atoms with Crippen molar-refractivity contribution in [3.63, 3.8) is 0 Å². The first-order valence-corrected chi connectivity index (χ1v) is 11.1. The van der Waals surface area contributed by atoms with E-state index in [1.165, 1.54) is 12.1 Å². The first-order valence-electron chi connectivity index (χ1n) is 11.1. The third kappa shape index (κ3) is 4.68. The molecule has 0 spiro atoms. The lowest BCUT2D eigenvalue weighted by molar-refractivity contribution is -0.131. The number of aliphatic hydroxyl groups is 1. The maximum Gasteiger partial charge on any atom is 0.272 e. The summed E-state index contributed by atoms with van der Waals surface area (Å²) in [7, 11) is 1.74. The molecule has 1 saturated carbocycles. The van der Waals surface area contributed by atoms with Crippen molar-refractivity contribution in [2.24, 2.45) is 7.05 Å². The molecule has 9 heteroatoms. The summed E-state index contributed by atoms with van der Waals surface area (Å²) in [5.74, 6) is -0.577. The van der Waals surface area contributed by atoms with Crippen LogP contribution in [0.25, 0.3) is 11.3 Å². The van der Waals surface area contributed by atoms with Gasteiger partial charge in [0.15, 0.2) is 5.69 Å². The molecule has 0 unspecified atom stereocenters. The summed E-state index contributed by atoms with van der Waals surface area (Å²) in [5.41, 5.74) is 1.74. The number of nitrogens with zero attached hydrogens (tertiary/aromatic N) is 4. The van der Waals surface area contributed by atoms with Crippen molar-refractivity contribution in [3.8, 4) is 11.3 Å². The number of piperazine rings is 1. The Bertz CT molecular complexity index is 969. The number of nitrogens with one attached hydrogen (secondary N) is 1. The van der Waals surface area contributed by atoms with E-state index in [0.717, 1.165) is 31.5 Å². The number of carbonyl (C=O) groups excluding carboxylic acids is 2. The minimum absolute atomic E-state index is 0.0401. The molecule has 3 atom stereocenters. The van der Waals surface area contributed by atoms with Crippen LogP contribution in [0, 0.1) is 5.82 Å². The van der Waals surface area contributed by atoms with E-state index in [1.54, 1.807) is 36.9 Å². The van der Waals surface area contributed by atoms with Crippen molar-refractivity contribution in [2.45, 2.75) is 44.4 Å². The number of halogens is 1. The van der Waals surface area contributed by atoms with E-state index in [4.69, 9.17) is 0 Å². The lowest BCUT2D eigenvalue weighted by Gasteiger charge is -2.44. The average Bonchev–Trinajstić information content (AvgIpc) is 3.17. The van der Waals surface area contributed by atoms with Gasteiger partial charge in [-0.1, -0.05) is 0 Å². The second kappa shape index (κ2) is 9.38. The largest absolute Gasteiger partial charge is 0.389 e. The minimum atomic E-state index is -0.683. The maximum absolute atomic E-state index is 13.2. The maximum atomic E-state index is 13.2. The molecule has 1 aliphatic carbocycles. The van der Waals surface area contributed by atoms with E-state index in [9.17, 15) is 19.1 Å². The Hall–Kier alpha value is -2.78. The highest BCUT2D eigenvalue weighted by Crippen LogP contribution is 2.26. The van der Waals surface area contributed by atoms with Crippen LogP contribution < -0.4 is 5.32 Å². The van der Waals surface area contributed by atoms with Crippen LogP contribution in [0.15, 0.2) is 30.3 Å². The summed E-state index contributed by atoms with van der Waals surface area (Å²) < 4.78 is 14.8. The fourth-order valence-corrected chi connectivity index (χ4v) is 4.79. The molecule has 2 aromatic rings. The van der Waals surface area contributed by atoms with Crippen LogP contribution in [-0.4, -0.2) is 80.9 Å². The van der Waals surface area contributed by atoms with E-state index >= 15 is 0 Å². The normalized spacial score (nSPS) is 24.4. The van der Waals surface area contributed by atoms with Crippen molar-refractivity contribution in [3.05, 3.63) is 41.8 Å². The van der Waals surface area contributed by atoms with Crippen molar-refractivity contribution in [1.29, 1.82) is 0 Å². The summed E-state index contributed by atoms with van der Waals surface area (Å²) in [5, 5.41) is 18.3. The number of aromatic nitrogens is 2. The van der Waals surface area contributed by atoms with Crippen LogP contribution in [0.5, 0.6) is 0 Å². The molecule has 1 aromatic heterocycles. The molecule has 2 amide bonds. The fourth-order valence-electron chi connectivity index (χ4n) is 4.79. The Morgan fingerprint density at radius 1 is 1.12 bits per heavy atom. The summed E-state index contributed by atoms with van der Waals surface area (Å²) >= 11 is 0. The molecule has 2 heterocycles. The van der Waals surface area contributed by atoms with Crippen molar-refractivity contribution in [1.82, 2.24) is 24.9 Å². The van der Waals surface area contributed by atoms with Gasteiger partial charge in [-0.25, -0.2) is 4.39 Å². The molecular weight excluding hydrogens is 413 g/mol. The monoisotopic (exact) mass is 443 g/mol. The number of carbonyl (C=O) groups is 2. The number of rotatable bonds is 4. The smallest absolute Gasteiger partial charge is 0.272 e. The van der Waals surface area contributed by atoms with Crippen LogP contribution >= 0.6 is 0 Å². The fraction of sp³-hybridized carbons (Fsp3) is 0.522. The molecule has 2 aliphatic rings. The van der Waals surface area contributed by atoms with Crippen molar-refractivity contribution >= 4 is 11.8 Å². The highest BCUT2D eigenvalue weighted by atomic mass is 19.1. The zero-order valence-corrected chi connectivity index (χ0v) is 18.5. The SMILES string of the molecule is CC(=O)N1CCN([C@@H]2CCC[C@@H](NC(=O)c3cc(-c4ccc(F)cc4)n(C)n3)[C@H]2O)CC1. The molecule has 32 heavy (non-hydrogen) atoms. The highest BCUT2D eigenvalue weighted by molar-refractivity contribution is 5.93. The van der Waals surface area contributed by atoms with Gasteiger partial charge < -0.3 is 15.3 Å². The van der Waals surface area contributed by atoms with Gasteiger partial charge >= 0.3 is 0 Å². The second-order valence-electron chi connectivity index (χ2n) is 8.66. The van der Waals surface area contributed by atoms with Gasteiger partial charge in [0.2, 0.25) is 5.91 Å². The first-order chi connectivity index (χ1) is 15.3. The molecular formula is C23H30FN5O3. The Balaban J connectivity index is 1.40. The van der Waals surface area contributed by atoms with E-state index in [1.807, 2.05) is 4.90 Å². The van der Waals surface area contributed by atoms with Crippen LogP contribution in [0.3, 0.4) is 0 Å². The predicted molar refractivity (Wildman–Crippen MR) is 117 cm³/mol. The molecule has 1 aromatic carbocycles. The van der Waals surface area contributed by atoms with Gasteiger partial charge in [0, 0.05) is 46.2 Å². The van der Waals surface area contributed by atoms with Crippen LogP contribution in [0.2, 0.25) is 0 Å². The van der Waals surface area contributed by atoms with Gasteiger partial charge in [0.25, 0.3) is 5.91 Å². The lowest BCUT2D eigenvalue weighted by Crippen LogP contribution is -2.60.